The Morgan fingerprint density at radius 3 is 2.46 bits per heavy atom. The second kappa shape index (κ2) is 8.01. The highest BCUT2D eigenvalue weighted by Gasteiger charge is 2.31. The summed E-state index contributed by atoms with van der Waals surface area (Å²) in [5.41, 5.74) is 1.67. The van der Waals surface area contributed by atoms with Crippen LogP contribution in [0.1, 0.15) is 19.4 Å². The van der Waals surface area contributed by atoms with Crippen molar-refractivity contribution < 1.29 is 19.1 Å². The van der Waals surface area contributed by atoms with Gasteiger partial charge in [0.15, 0.2) is 0 Å². The highest BCUT2D eigenvalue weighted by atomic mass is 16.5. The van der Waals surface area contributed by atoms with Gasteiger partial charge in [0.25, 0.3) is 0 Å². The first-order valence-corrected chi connectivity index (χ1v) is 7.98. The molecule has 24 heavy (non-hydrogen) atoms. The van der Waals surface area contributed by atoms with Crippen LogP contribution in [0, 0.1) is 0 Å². The number of hydrogen-bond donors (Lipinski definition) is 1. The Morgan fingerprint density at radius 1 is 1.29 bits per heavy atom. The number of amides is 3. The third-order valence-electron chi connectivity index (χ3n) is 3.71. The highest BCUT2D eigenvalue weighted by molar-refractivity contribution is 5.89. The van der Waals surface area contributed by atoms with Crippen molar-refractivity contribution in [1.29, 1.82) is 0 Å². The van der Waals surface area contributed by atoms with Gasteiger partial charge in [0.05, 0.1) is 32.4 Å². The molecule has 0 atom stereocenters. The number of benzene rings is 1. The SMILES string of the molecule is COC(=O)N(C)Cc1ccc(NC(=O)N2CC(OC(C)C)C2)cc1. The van der Waals surface area contributed by atoms with Crippen molar-refractivity contribution in [2.24, 2.45) is 0 Å². The maximum Gasteiger partial charge on any atom is 0.409 e. The molecule has 3 amide bonds. The van der Waals surface area contributed by atoms with E-state index in [1.165, 1.54) is 12.0 Å². The Labute approximate surface area is 142 Å². The molecule has 1 aliphatic heterocycles. The number of carbonyl (C=O) groups excluding carboxylic acids is 2. The average Bonchev–Trinajstić information content (AvgIpc) is 2.51. The molecule has 0 saturated carbocycles. The molecule has 1 aromatic carbocycles. The summed E-state index contributed by atoms with van der Waals surface area (Å²) in [6.45, 7) is 5.66. The summed E-state index contributed by atoms with van der Waals surface area (Å²) in [5.74, 6) is 0. The van der Waals surface area contributed by atoms with Gasteiger partial charge >= 0.3 is 12.1 Å². The fourth-order valence-corrected chi connectivity index (χ4v) is 2.47. The number of urea groups is 1. The minimum absolute atomic E-state index is 0.127. The molecule has 132 valence electrons. The van der Waals surface area contributed by atoms with E-state index in [4.69, 9.17) is 4.74 Å². The van der Waals surface area contributed by atoms with Gasteiger partial charge in [0.1, 0.15) is 0 Å². The van der Waals surface area contributed by atoms with E-state index >= 15 is 0 Å². The number of anilines is 1. The van der Waals surface area contributed by atoms with Gasteiger partial charge in [0, 0.05) is 19.3 Å². The van der Waals surface area contributed by atoms with Gasteiger partial charge < -0.3 is 24.6 Å². The predicted molar refractivity (Wildman–Crippen MR) is 90.9 cm³/mol. The number of nitrogens with one attached hydrogen (secondary N) is 1. The van der Waals surface area contributed by atoms with Crippen LogP contribution in [-0.4, -0.2) is 61.4 Å². The average molecular weight is 335 g/mol. The molecule has 7 heteroatoms. The number of nitrogens with zero attached hydrogens (tertiary/aromatic N) is 2. The molecular formula is C17H25N3O4. The van der Waals surface area contributed by atoms with Crippen LogP contribution in [0.5, 0.6) is 0 Å². The van der Waals surface area contributed by atoms with Crippen molar-refractivity contribution in [2.75, 3.05) is 32.6 Å². The Balaban J connectivity index is 1.80. The predicted octanol–water partition coefficient (Wildman–Crippen LogP) is 2.53. The molecule has 0 spiro atoms. The normalized spacial score (nSPS) is 14.3. The quantitative estimate of drug-likeness (QED) is 0.897. The third-order valence-corrected chi connectivity index (χ3v) is 3.71. The standard InChI is InChI=1S/C17H25N3O4/c1-12(2)24-15-10-20(11-15)16(21)18-14-7-5-13(6-8-14)9-19(3)17(22)23-4/h5-8,12,15H,9-11H2,1-4H3,(H,18,21). The van der Waals surface area contributed by atoms with Gasteiger partial charge in [-0.15, -0.1) is 0 Å². The van der Waals surface area contributed by atoms with E-state index in [-0.39, 0.29) is 24.3 Å². The summed E-state index contributed by atoms with van der Waals surface area (Å²) < 4.78 is 10.3. The summed E-state index contributed by atoms with van der Waals surface area (Å²) in [7, 11) is 3.02. The molecule has 0 radical (unpaired) electrons. The van der Waals surface area contributed by atoms with Crippen LogP contribution in [0.15, 0.2) is 24.3 Å². The molecule has 1 aromatic rings. The van der Waals surface area contributed by atoms with Gasteiger partial charge in [-0.25, -0.2) is 9.59 Å². The van der Waals surface area contributed by atoms with Gasteiger partial charge in [-0.05, 0) is 31.5 Å². The minimum Gasteiger partial charge on any atom is -0.453 e. The molecule has 1 N–H and O–H groups in total. The van der Waals surface area contributed by atoms with Gasteiger partial charge in [-0.2, -0.15) is 0 Å². The fourth-order valence-electron chi connectivity index (χ4n) is 2.47. The van der Waals surface area contributed by atoms with E-state index in [1.807, 2.05) is 38.1 Å². The molecule has 0 aromatic heterocycles. The summed E-state index contributed by atoms with van der Waals surface area (Å²) in [4.78, 5) is 26.7. The second-order valence-corrected chi connectivity index (χ2v) is 6.16. The molecule has 1 saturated heterocycles. The monoisotopic (exact) mass is 335 g/mol. The van der Waals surface area contributed by atoms with Crippen molar-refractivity contribution in [3.05, 3.63) is 29.8 Å². The first-order valence-electron chi connectivity index (χ1n) is 7.98. The van der Waals surface area contributed by atoms with E-state index in [1.54, 1.807) is 11.9 Å². The van der Waals surface area contributed by atoms with Crippen molar-refractivity contribution in [3.8, 4) is 0 Å². The summed E-state index contributed by atoms with van der Waals surface area (Å²) in [5, 5.41) is 2.86. The number of carbonyl (C=O) groups is 2. The summed E-state index contributed by atoms with van der Waals surface area (Å²) >= 11 is 0. The maximum absolute atomic E-state index is 12.1. The van der Waals surface area contributed by atoms with Crippen LogP contribution >= 0.6 is 0 Å². The van der Waals surface area contributed by atoms with Crippen molar-refractivity contribution >= 4 is 17.8 Å². The Morgan fingerprint density at radius 2 is 1.92 bits per heavy atom. The lowest BCUT2D eigenvalue weighted by Gasteiger charge is -2.39. The maximum atomic E-state index is 12.1. The van der Waals surface area contributed by atoms with Gasteiger partial charge in [-0.3, -0.25) is 0 Å². The Kier molecular flexibility index (Phi) is 6.03. The first-order chi connectivity index (χ1) is 11.4. The van der Waals surface area contributed by atoms with Crippen LogP contribution in [0.3, 0.4) is 0 Å². The summed E-state index contributed by atoms with van der Waals surface area (Å²) in [6, 6.07) is 7.25. The lowest BCUT2D eigenvalue weighted by molar-refractivity contribution is -0.0624. The molecule has 1 heterocycles. The lowest BCUT2D eigenvalue weighted by Crippen LogP contribution is -2.56. The van der Waals surface area contributed by atoms with Gasteiger partial charge in [-0.1, -0.05) is 12.1 Å². The number of ether oxygens (including phenoxy) is 2. The fraction of sp³-hybridized carbons (Fsp3) is 0.529. The molecule has 1 aliphatic rings. The second-order valence-electron chi connectivity index (χ2n) is 6.16. The van der Waals surface area contributed by atoms with Gasteiger partial charge in [0.2, 0.25) is 0 Å². The zero-order chi connectivity index (χ0) is 17.7. The van der Waals surface area contributed by atoms with E-state index in [0.29, 0.717) is 19.6 Å². The Bertz CT molecular complexity index is 568. The third kappa shape index (κ3) is 4.86. The van der Waals surface area contributed by atoms with Crippen molar-refractivity contribution in [2.45, 2.75) is 32.6 Å². The zero-order valence-electron chi connectivity index (χ0n) is 14.6. The largest absolute Gasteiger partial charge is 0.453 e. The smallest absolute Gasteiger partial charge is 0.409 e. The van der Waals surface area contributed by atoms with Crippen molar-refractivity contribution in [3.63, 3.8) is 0 Å². The highest BCUT2D eigenvalue weighted by Crippen LogP contribution is 2.17. The van der Waals surface area contributed by atoms with Crippen LogP contribution < -0.4 is 5.32 Å². The number of rotatable bonds is 5. The van der Waals surface area contributed by atoms with E-state index in [9.17, 15) is 9.59 Å². The van der Waals surface area contributed by atoms with Crippen LogP contribution in [0.25, 0.3) is 0 Å². The number of likely N-dealkylation sites (tertiary alicyclic amines) is 1. The summed E-state index contributed by atoms with van der Waals surface area (Å²) in [6.07, 6.45) is -0.0776. The van der Waals surface area contributed by atoms with E-state index < -0.39 is 0 Å². The van der Waals surface area contributed by atoms with Crippen LogP contribution in [0.4, 0.5) is 15.3 Å². The first kappa shape index (κ1) is 18.1. The molecule has 2 rings (SSSR count). The topological polar surface area (TPSA) is 71.1 Å². The molecule has 1 fully saturated rings. The molecule has 7 nitrogen and oxygen atoms in total. The molecule has 0 aliphatic carbocycles. The number of hydrogen-bond acceptors (Lipinski definition) is 4. The van der Waals surface area contributed by atoms with E-state index in [2.05, 4.69) is 10.1 Å². The van der Waals surface area contributed by atoms with Crippen LogP contribution in [0.2, 0.25) is 0 Å². The number of methoxy groups -OCH3 is 1. The zero-order valence-corrected chi connectivity index (χ0v) is 14.6. The van der Waals surface area contributed by atoms with Crippen molar-refractivity contribution in [1.82, 2.24) is 9.80 Å². The van der Waals surface area contributed by atoms with Crippen LogP contribution in [-0.2, 0) is 16.0 Å². The van der Waals surface area contributed by atoms with E-state index in [0.717, 1.165) is 11.3 Å². The minimum atomic E-state index is -0.386. The molecular weight excluding hydrogens is 310 g/mol. The lowest BCUT2D eigenvalue weighted by atomic mass is 10.1. The molecule has 0 unspecified atom stereocenters. The molecule has 0 bridgehead atoms. The Hall–Kier alpha value is -2.28.